The van der Waals surface area contributed by atoms with Gasteiger partial charge < -0.3 is 9.84 Å². The molecule has 0 aromatic heterocycles. The average Bonchev–Trinajstić information content (AvgIpc) is 2.69. The van der Waals surface area contributed by atoms with Gasteiger partial charge in [0.1, 0.15) is 0 Å². The number of likely N-dealkylation sites (tertiary alicyclic amines) is 1. The molecular formula is C21H25NO3S. The van der Waals surface area contributed by atoms with Gasteiger partial charge in [0.05, 0.1) is 7.11 Å². The fourth-order valence-corrected chi connectivity index (χ4v) is 3.89. The first kappa shape index (κ1) is 18.8. The molecule has 1 N–H and O–H groups in total. The minimum Gasteiger partial charge on any atom is -0.504 e. The summed E-state index contributed by atoms with van der Waals surface area (Å²) in [6, 6.07) is 13.3. The Hall–Kier alpha value is -1.98. The predicted molar refractivity (Wildman–Crippen MR) is 105 cm³/mol. The number of Topliss-reactive ketones (excluding diaryl/α,β-unsaturated/α-hetero) is 1. The normalized spacial score (nSPS) is 17.8. The number of hydrogen-bond acceptors (Lipinski definition) is 5. The van der Waals surface area contributed by atoms with Crippen LogP contribution < -0.4 is 4.74 Å². The highest BCUT2D eigenvalue weighted by molar-refractivity contribution is 7.98. The molecule has 138 valence electrons. The molecular weight excluding hydrogens is 346 g/mol. The molecule has 1 aliphatic rings. The molecule has 1 saturated heterocycles. The summed E-state index contributed by atoms with van der Waals surface area (Å²) in [5.41, 5.74) is 1.89. The molecule has 1 aliphatic heterocycles. The largest absolute Gasteiger partial charge is 0.504 e. The molecule has 26 heavy (non-hydrogen) atoms. The van der Waals surface area contributed by atoms with E-state index in [0.717, 1.165) is 43.6 Å². The van der Waals surface area contributed by atoms with Gasteiger partial charge in [-0.15, -0.1) is 11.8 Å². The van der Waals surface area contributed by atoms with Gasteiger partial charge in [0.2, 0.25) is 0 Å². The maximum Gasteiger partial charge on any atom is 0.167 e. The summed E-state index contributed by atoms with van der Waals surface area (Å²) in [5.74, 6) is 0.922. The lowest BCUT2D eigenvalue weighted by molar-refractivity contribution is 0.0811. The van der Waals surface area contributed by atoms with E-state index in [9.17, 15) is 9.90 Å². The lowest BCUT2D eigenvalue weighted by Crippen LogP contribution is -2.38. The van der Waals surface area contributed by atoms with E-state index in [1.807, 2.05) is 42.7 Å². The Bertz CT molecular complexity index is 760. The molecule has 0 aliphatic carbocycles. The van der Waals surface area contributed by atoms with Crippen LogP contribution in [0.3, 0.4) is 0 Å². The van der Waals surface area contributed by atoms with Crippen LogP contribution >= 0.6 is 11.8 Å². The highest BCUT2D eigenvalue weighted by Crippen LogP contribution is 2.28. The summed E-state index contributed by atoms with van der Waals surface area (Å²) in [6.45, 7) is 2.51. The molecule has 0 bridgehead atoms. The van der Waals surface area contributed by atoms with Gasteiger partial charge in [-0.2, -0.15) is 0 Å². The van der Waals surface area contributed by atoms with Crippen molar-refractivity contribution in [2.75, 3.05) is 26.5 Å². The van der Waals surface area contributed by atoms with E-state index in [0.29, 0.717) is 5.75 Å². The topological polar surface area (TPSA) is 49.8 Å². The van der Waals surface area contributed by atoms with E-state index < -0.39 is 0 Å². The van der Waals surface area contributed by atoms with Crippen LogP contribution in [0.5, 0.6) is 11.5 Å². The number of ether oxygens (including phenoxy) is 1. The minimum absolute atomic E-state index is 0.0443. The number of thioether (sulfide) groups is 1. The van der Waals surface area contributed by atoms with Crippen LogP contribution in [-0.2, 0) is 6.54 Å². The summed E-state index contributed by atoms with van der Waals surface area (Å²) in [6.07, 6.45) is 4.00. The minimum atomic E-state index is 0.0443. The van der Waals surface area contributed by atoms with Crippen molar-refractivity contribution in [3.63, 3.8) is 0 Å². The molecule has 5 heteroatoms. The zero-order valence-corrected chi connectivity index (χ0v) is 16.1. The highest BCUT2D eigenvalue weighted by Gasteiger charge is 2.26. The van der Waals surface area contributed by atoms with Gasteiger partial charge in [0.15, 0.2) is 17.3 Å². The maximum atomic E-state index is 12.9. The first-order valence-electron chi connectivity index (χ1n) is 8.87. The number of hydrogen-bond donors (Lipinski definition) is 1. The third kappa shape index (κ3) is 4.40. The van der Waals surface area contributed by atoms with E-state index in [1.54, 1.807) is 24.9 Å². The van der Waals surface area contributed by atoms with Crippen LogP contribution in [0.15, 0.2) is 47.4 Å². The number of rotatable bonds is 6. The fraction of sp³-hybridized carbons (Fsp3) is 0.381. The van der Waals surface area contributed by atoms with Gasteiger partial charge in [-0.05, 0) is 55.5 Å². The SMILES string of the molecule is COc1cc(CN2CCC[C@@H](C(=O)c3ccc(SC)cc3)C2)ccc1O. The van der Waals surface area contributed by atoms with Crippen LogP contribution in [0, 0.1) is 5.92 Å². The molecule has 1 heterocycles. The van der Waals surface area contributed by atoms with E-state index >= 15 is 0 Å². The summed E-state index contributed by atoms with van der Waals surface area (Å²) >= 11 is 1.68. The summed E-state index contributed by atoms with van der Waals surface area (Å²) in [4.78, 5) is 16.3. The molecule has 1 atom stereocenters. The maximum absolute atomic E-state index is 12.9. The van der Waals surface area contributed by atoms with Crippen LogP contribution in [-0.4, -0.2) is 42.2 Å². The fourth-order valence-electron chi connectivity index (χ4n) is 3.48. The van der Waals surface area contributed by atoms with E-state index in [1.165, 1.54) is 4.90 Å². The van der Waals surface area contributed by atoms with Gasteiger partial charge >= 0.3 is 0 Å². The van der Waals surface area contributed by atoms with Crippen molar-refractivity contribution in [3.8, 4) is 11.5 Å². The zero-order valence-electron chi connectivity index (χ0n) is 15.3. The summed E-state index contributed by atoms with van der Waals surface area (Å²) in [5, 5.41) is 9.73. The number of benzene rings is 2. The van der Waals surface area contributed by atoms with E-state index in [-0.39, 0.29) is 17.5 Å². The molecule has 0 radical (unpaired) electrons. The van der Waals surface area contributed by atoms with Crippen molar-refractivity contribution in [2.45, 2.75) is 24.3 Å². The molecule has 2 aromatic rings. The van der Waals surface area contributed by atoms with E-state index in [4.69, 9.17) is 4.74 Å². The predicted octanol–water partition coefficient (Wildman–Crippen LogP) is 4.22. The molecule has 0 unspecified atom stereocenters. The van der Waals surface area contributed by atoms with Crippen molar-refractivity contribution in [3.05, 3.63) is 53.6 Å². The van der Waals surface area contributed by atoms with Gasteiger partial charge in [-0.1, -0.05) is 18.2 Å². The number of carbonyl (C=O) groups is 1. The number of piperidine rings is 1. The van der Waals surface area contributed by atoms with Gasteiger partial charge in [0.25, 0.3) is 0 Å². The van der Waals surface area contributed by atoms with Crippen molar-refractivity contribution < 1.29 is 14.6 Å². The summed E-state index contributed by atoms with van der Waals surface area (Å²) in [7, 11) is 1.55. The van der Waals surface area contributed by atoms with E-state index in [2.05, 4.69) is 4.90 Å². The Morgan fingerprint density at radius 1 is 1.27 bits per heavy atom. The number of aromatic hydroxyl groups is 1. The number of nitrogens with zero attached hydrogens (tertiary/aromatic N) is 1. The van der Waals surface area contributed by atoms with Crippen LogP contribution in [0.1, 0.15) is 28.8 Å². The Kier molecular flexibility index (Phi) is 6.22. The molecule has 1 fully saturated rings. The first-order valence-corrected chi connectivity index (χ1v) is 10.1. The smallest absolute Gasteiger partial charge is 0.167 e. The molecule has 3 rings (SSSR count). The third-order valence-electron chi connectivity index (χ3n) is 4.90. The Balaban J connectivity index is 1.65. The second kappa shape index (κ2) is 8.60. The lowest BCUT2D eigenvalue weighted by atomic mass is 9.90. The van der Waals surface area contributed by atoms with Crippen LogP contribution in [0.2, 0.25) is 0 Å². The highest BCUT2D eigenvalue weighted by atomic mass is 32.2. The average molecular weight is 372 g/mol. The second-order valence-corrected chi connectivity index (χ2v) is 7.55. The standard InChI is InChI=1S/C21H25NO3S/c1-25-20-12-15(5-10-19(20)23)13-22-11-3-4-17(14-22)21(24)16-6-8-18(26-2)9-7-16/h5-10,12,17,23H,3-4,11,13-14H2,1-2H3/t17-/m1/s1. The zero-order chi connectivity index (χ0) is 18.5. The van der Waals surface area contributed by atoms with Gasteiger partial charge in [0, 0.05) is 29.5 Å². The number of phenolic OH excluding ortho intramolecular Hbond substituents is 1. The van der Waals surface area contributed by atoms with Crippen molar-refractivity contribution in [1.29, 1.82) is 0 Å². The monoisotopic (exact) mass is 371 g/mol. The van der Waals surface area contributed by atoms with Crippen molar-refractivity contribution >= 4 is 17.5 Å². The molecule has 4 nitrogen and oxygen atoms in total. The number of carbonyl (C=O) groups excluding carboxylic acids is 1. The van der Waals surface area contributed by atoms with Crippen molar-refractivity contribution in [2.24, 2.45) is 5.92 Å². The Morgan fingerprint density at radius 3 is 2.73 bits per heavy atom. The number of phenols is 1. The second-order valence-electron chi connectivity index (χ2n) is 6.67. The van der Waals surface area contributed by atoms with Crippen LogP contribution in [0.25, 0.3) is 0 Å². The molecule has 0 spiro atoms. The number of ketones is 1. The third-order valence-corrected chi connectivity index (χ3v) is 5.64. The number of methoxy groups -OCH3 is 1. The van der Waals surface area contributed by atoms with Crippen LogP contribution in [0.4, 0.5) is 0 Å². The van der Waals surface area contributed by atoms with Gasteiger partial charge in [-0.3, -0.25) is 9.69 Å². The molecule has 0 saturated carbocycles. The Labute approximate surface area is 159 Å². The molecule has 0 amide bonds. The Morgan fingerprint density at radius 2 is 2.04 bits per heavy atom. The lowest BCUT2D eigenvalue weighted by Gasteiger charge is -2.32. The first-order chi connectivity index (χ1) is 12.6. The van der Waals surface area contributed by atoms with Crippen molar-refractivity contribution in [1.82, 2.24) is 4.90 Å². The summed E-state index contributed by atoms with van der Waals surface area (Å²) < 4.78 is 5.19. The quantitative estimate of drug-likeness (QED) is 0.609. The van der Waals surface area contributed by atoms with Gasteiger partial charge in [-0.25, -0.2) is 0 Å². The molecule has 2 aromatic carbocycles.